The van der Waals surface area contributed by atoms with Crippen LogP contribution in [0.2, 0.25) is 18.6 Å². The number of aryl methyl sites for hydroxylation is 1. The normalized spacial score (nSPS) is 23.7. The fraction of sp³-hybridized carbons (Fsp3) is 0.382. The van der Waals surface area contributed by atoms with Crippen molar-refractivity contribution in [1.82, 2.24) is 15.0 Å². The van der Waals surface area contributed by atoms with E-state index < -0.39 is 31.6 Å². The van der Waals surface area contributed by atoms with Crippen LogP contribution in [0.5, 0.6) is 5.75 Å². The van der Waals surface area contributed by atoms with Gasteiger partial charge in [-0.1, -0.05) is 72.8 Å². The Morgan fingerprint density at radius 1 is 1.09 bits per heavy atom. The van der Waals surface area contributed by atoms with Gasteiger partial charge in [-0.3, -0.25) is 9.48 Å². The number of amides is 1. The summed E-state index contributed by atoms with van der Waals surface area (Å²) in [5.41, 5.74) is 2.35. The molecule has 44 heavy (non-hydrogen) atoms. The lowest BCUT2D eigenvalue weighted by atomic mass is 9.82. The first-order valence-corrected chi connectivity index (χ1v) is 18.1. The Hall–Kier alpha value is -3.86. The summed E-state index contributed by atoms with van der Waals surface area (Å²) < 4.78 is 30.4. The number of aromatic nitrogens is 3. The number of nitrogens with zero attached hydrogens (tertiary/aromatic N) is 4. The van der Waals surface area contributed by atoms with Gasteiger partial charge in [0.15, 0.2) is 5.60 Å². The average molecular weight is 615 g/mol. The number of halogens is 1. The van der Waals surface area contributed by atoms with Crippen LogP contribution in [0.4, 0.5) is 9.80 Å². The fourth-order valence-electron chi connectivity index (χ4n) is 7.24. The minimum absolute atomic E-state index is 0.0946. The molecule has 1 fully saturated rings. The second kappa shape index (κ2) is 11.9. The van der Waals surface area contributed by atoms with E-state index in [1.807, 2.05) is 92.0 Å². The third kappa shape index (κ3) is 5.25. The summed E-state index contributed by atoms with van der Waals surface area (Å²) in [6.07, 6.45) is 1.78. The standard InChI is InChI=1S/C34H39FN4O4Si/c1-23-32(44(3,4)35)31(17-18-38-21-29(36-37-38)27(22-40)25-13-9-6-10-14-25)43-34(23)28-19-26(42-2)15-16-30(28)39(33(34)41)20-24-11-7-5-8-12-24/h5-16,19,21,23,27,31-32,40H,17-18,20,22H2,1-4H3/t23-,27?,31+,32-,34+/m0/s1. The van der Waals surface area contributed by atoms with E-state index >= 15 is 4.11 Å². The minimum Gasteiger partial charge on any atom is -0.497 e. The summed E-state index contributed by atoms with van der Waals surface area (Å²) in [5, 5.41) is 18.8. The highest BCUT2D eigenvalue weighted by Crippen LogP contribution is 2.60. The Morgan fingerprint density at radius 3 is 2.45 bits per heavy atom. The average Bonchev–Trinajstić information content (AvgIpc) is 3.68. The summed E-state index contributed by atoms with van der Waals surface area (Å²) in [5.74, 6) is -0.239. The lowest BCUT2D eigenvalue weighted by Crippen LogP contribution is -2.45. The summed E-state index contributed by atoms with van der Waals surface area (Å²) in [4.78, 5) is 16.3. The van der Waals surface area contributed by atoms with Gasteiger partial charge in [0.05, 0.1) is 43.7 Å². The molecule has 4 aromatic rings. The Kier molecular flexibility index (Phi) is 8.17. The molecule has 10 heteroatoms. The largest absolute Gasteiger partial charge is 0.497 e. The molecule has 0 bridgehead atoms. The van der Waals surface area contributed by atoms with Crippen LogP contribution in [-0.4, -0.2) is 54.2 Å². The molecule has 1 spiro atoms. The molecule has 2 aliphatic rings. The molecule has 3 heterocycles. The zero-order chi connectivity index (χ0) is 31.1. The Balaban J connectivity index is 1.31. The van der Waals surface area contributed by atoms with Gasteiger partial charge in [0.25, 0.3) is 5.91 Å². The van der Waals surface area contributed by atoms with Crippen LogP contribution < -0.4 is 9.64 Å². The lowest BCUT2D eigenvalue weighted by molar-refractivity contribution is -0.146. The van der Waals surface area contributed by atoms with Gasteiger partial charge in [0, 0.05) is 29.8 Å². The van der Waals surface area contributed by atoms with Gasteiger partial charge in [-0.25, -0.2) is 0 Å². The third-order valence-electron chi connectivity index (χ3n) is 9.29. The molecule has 1 amide bonds. The molecule has 0 radical (unpaired) electrons. The van der Waals surface area contributed by atoms with Gasteiger partial charge in [-0.15, -0.1) is 5.10 Å². The first-order valence-electron chi connectivity index (χ1n) is 15.1. The first-order chi connectivity index (χ1) is 21.2. The van der Waals surface area contributed by atoms with E-state index in [4.69, 9.17) is 9.47 Å². The Morgan fingerprint density at radius 2 is 1.80 bits per heavy atom. The van der Waals surface area contributed by atoms with Crippen molar-refractivity contribution in [3.8, 4) is 5.75 Å². The molecule has 0 aliphatic carbocycles. The molecule has 1 N–H and O–H groups in total. The van der Waals surface area contributed by atoms with E-state index in [2.05, 4.69) is 10.3 Å². The molecule has 0 saturated carbocycles. The van der Waals surface area contributed by atoms with Crippen molar-refractivity contribution in [3.63, 3.8) is 0 Å². The number of carbonyl (C=O) groups is 1. The van der Waals surface area contributed by atoms with Crippen LogP contribution in [0.15, 0.2) is 85.1 Å². The number of ether oxygens (including phenoxy) is 2. The van der Waals surface area contributed by atoms with E-state index in [-0.39, 0.29) is 18.4 Å². The number of methoxy groups -OCH3 is 1. The molecule has 8 nitrogen and oxygen atoms in total. The van der Waals surface area contributed by atoms with Crippen LogP contribution in [0.3, 0.4) is 0 Å². The van der Waals surface area contributed by atoms with E-state index in [1.165, 1.54) is 0 Å². The summed E-state index contributed by atoms with van der Waals surface area (Å²) in [6, 6.07) is 25.2. The molecule has 6 rings (SSSR count). The highest BCUT2D eigenvalue weighted by atomic mass is 28.4. The summed E-state index contributed by atoms with van der Waals surface area (Å²) in [6.45, 7) is 6.10. The van der Waals surface area contributed by atoms with Gasteiger partial charge < -0.3 is 23.6 Å². The van der Waals surface area contributed by atoms with Crippen molar-refractivity contribution in [2.75, 3.05) is 18.6 Å². The lowest BCUT2D eigenvalue weighted by Gasteiger charge is -2.31. The Bertz CT molecular complexity index is 1610. The molecular weight excluding hydrogens is 575 g/mol. The van der Waals surface area contributed by atoms with Crippen LogP contribution in [0.25, 0.3) is 0 Å². The van der Waals surface area contributed by atoms with Crippen molar-refractivity contribution in [2.24, 2.45) is 5.92 Å². The number of hydrogen-bond acceptors (Lipinski definition) is 6. The predicted octanol–water partition coefficient (Wildman–Crippen LogP) is 5.82. The van der Waals surface area contributed by atoms with E-state index in [0.717, 1.165) is 22.4 Å². The third-order valence-corrected chi connectivity index (χ3v) is 11.7. The van der Waals surface area contributed by atoms with Crippen molar-refractivity contribution in [3.05, 3.63) is 107 Å². The van der Waals surface area contributed by atoms with Gasteiger partial charge in [0.1, 0.15) is 5.75 Å². The van der Waals surface area contributed by atoms with Crippen molar-refractivity contribution in [1.29, 1.82) is 0 Å². The van der Waals surface area contributed by atoms with Gasteiger partial charge in [0.2, 0.25) is 8.41 Å². The van der Waals surface area contributed by atoms with Crippen LogP contribution in [-0.2, 0) is 28.2 Å². The molecule has 3 aromatic carbocycles. The molecule has 230 valence electrons. The molecule has 1 unspecified atom stereocenters. The second-order valence-corrected chi connectivity index (χ2v) is 16.2. The zero-order valence-electron chi connectivity index (χ0n) is 25.6. The van der Waals surface area contributed by atoms with Gasteiger partial charge >= 0.3 is 0 Å². The predicted molar refractivity (Wildman–Crippen MR) is 169 cm³/mol. The number of rotatable bonds is 10. The number of hydrogen-bond donors (Lipinski definition) is 1. The molecular formula is C34H39FN4O4Si. The number of carbonyl (C=O) groups excluding carboxylic acids is 1. The van der Waals surface area contributed by atoms with Gasteiger partial charge in [-0.05, 0) is 48.8 Å². The summed E-state index contributed by atoms with van der Waals surface area (Å²) in [7, 11) is -1.72. The first kappa shape index (κ1) is 30.2. The quantitative estimate of drug-likeness (QED) is 0.179. The van der Waals surface area contributed by atoms with E-state index in [1.54, 1.807) is 29.8 Å². The topological polar surface area (TPSA) is 89.7 Å². The Labute approximate surface area is 258 Å². The van der Waals surface area contributed by atoms with Crippen molar-refractivity contribution < 1.29 is 23.5 Å². The molecule has 2 aliphatic heterocycles. The van der Waals surface area contributed by atoms with Crippen LogP contribution >= 0.6 is 0 Å². The molecule has 1 aromatic heterocycles. The number of aliphatic hydroxyl groups is 1. The van der Waals surface area contributed by atoms with Crippen LogP contribution in [0.1, 0.15) is 41.6 Å². The number of benzene rings is 3. The summed E-state index contributed by atoms with van der Waals surface area (Å²) >= 11 is 0. The fourth-order valence-corrected chi connectivity index (χ4v) is 9.79. The van der Waals surface area contributed by atoms with E-state index in [9.17, 15) is 9.90 Å². The molecule has 1 saturated heterocycles. The molecule has 5 atom stereocenters. The smallest absolute Gasteiger partial charge is 0.264 e. The van der Waals surface area contributed by atoms with Crippen molar-refractivity contribution in [2.45, 2.75) is 62.7 Å². The highest BCUT2D eigenvalue weighted by molar-refractivity contribution is 6.72. The number of aliphatic hydroxyl groups excluding tert-OH is 1. The SMILES string of the molecule is COc1ccc2c(c1)[C@@]1(O[C@H](CCn3cc(C(CO)c4ccccc4)nn3)[C@@H]([Si](C)(C)F)[C@@H]1C)C(=O)N2Cc1ccccc1. The zero-order valence-corrected chi connectivity index (χ0v) is 26.6. The minimum atomic E-state index is -3.32. The van der Waals surface area contributed by atoms with Crippen LogP contribution in [0, 0.1) is 5.92 Å². The second-order valence-electron chi connectivity index (χ2n) is 12.4. The van der Waals surface area contributed by atoms with E-state index in [0.29, 0.717) is 31.0 Å². The van der Waals surface area contributed by atoms with Crippen molar-refractivity contribution >= 4 is 20.0 Å². The number of fused-ring (bicyclic) bond motifs is 2. The maximum Gasteiger partial charge on any atom is 0.264 e. The maximum atomic E-state index is 16.2. The van der Waals surface area contributed by atoms with Gasteiger partial charge in [-0.2, -0.15) is 0 Å². The maximum absolute atomic E-state index is 16.2. The number of anilines is 1. The monoisotopic (exact) mass is 614 g/mol. The highest BCUT2D eigenvalue weighted by Gasteiger charge is 2.66.